The summed E-state index contributed by atoms with van der Waals surface area (Å²) in [6, 6.07) is 11.3. The van der Waals surface area contributed by atoms with Gasteiger partial charge in [-0.05, 0) is 23.8 Å². The first-order chi connectivity index (χ1) is 13.1. The average molecular weight is 367 g/mol. The van der Waals surface area contributed by atoms with E-state index in [1.165, 1.54) is 0 Å². The van der Waals surface area contributed by atoms with E-state index in [1.54, 1.807) is 12.4 Å². The Hall–Kier alpha value is -3.22. The summed E-state index contributed by atoms with van der Waals surface area (Å²) < 4.78 is 5.69. The van der Waals surface area contributed by atoms with Gasteiger partial charge >= 0.3 is 0 Å². The normalized spacial score (nSPS) is 13.7. The number of rotatable bonds is 8. The molecule has 1 aromatic carbocycles. The lowest BCUT2D eigenvalue weighted by Crippen LogP contribution is -2.34. The second kappa shape index (κ2) is 8.93. The lowest BCUT2D eigenvalue weighted by Gasteiger charge is -2.13. The SMILES string of the molecule is O=C(CCN1C(=O)CCC1=O)NCc1ccc(OCc2cccnc2)cc1. The van der Waals surface area contributed by atoms with Gasteiger partial charge in [0.05, 0.1) is 0 Å². The summed E-state index contributed by atoms with van der Waals surface area (Å²) >= 11 is 0. The third kappa shape index (κ3) is 5.37. The minimum absolute atomic E-state index is 0.115. The number of pyridine rings is 1. The molecule has 7 nitrogen and oxygen atoms in total. The molecular formula is C20H21N3O4. The van der Waals surface area contributed by atoms with Crippen molar-refractivity contribution in [2.24, 2.45) is 0 Å². The van der Waals surface area contributed by atoms with Gasteiger partial charge in [-0.25, -0.2) is 0 Å². The Morgan fingerprint density at radius 3 is 2.48 bits per heavy atom. The van der Waals surface area contributed by atoms with Crippen LogP contribution < -0.4 is 10.1 Å². The second-order valence-electron chi connectivity index (χ2n) is 6.26. The number of amides is 3. The van der Waals surface area contributed by atoms with Crippen LogP contribution in [-0.2, 0) is 27.5 Å². The highest BCUT2D eigenvalue weighted by Gasteiger charge is 2.28. The van der Waals surface area contributed by atoms with Crippen LogP contribution in [0, 0.1) is 0 Å². The minimum Gasteiger partial charge on any atom is -0.489 e. The van der Waals surface area contributed by atoms with E-state index in [1.807, 2.05) is 36.4 Å². The number of hydrogen-bond acceptors (Lipinski definition) is 5. The molecule has 2 aromatic rings. The van der Waals surface area contributed by atoms with E-state index in [0.29, 0.717) is 13.2 Å². The van der Waals surface area contributed by atoms with Gasteiger partial charge < -0.3 is 10.1 Å². The number of benzene rings is 1. The van der Waals surface area contributed by atoms with Crippen molar-refractivity contribution in [3.63, 3.8) is 0 Å². The fourth-order valence-electron chi connectivity index (χ4n) is 2.73. The Balaban J connectivity index is 1.39. The molecule has 0 atom stereocenters. The fourth-order valence-corrected chi connectivity index (χ4v) is 2.73. The zero-order valence-corrected chi connectivity index (χ0v) is 14.9. The first-order valence-corrected chi connectivity index (χ1v) is 8.82. The molecule has 0 radical (unpaired) electrons. The lowest BCUT2D eigenvalue weighted by molar-refractivity contribution is -0.138. The van der Waals surface area contributed by atoms with Crippen molar-refractivity contribution in [2.75, 3.05) is 6.54 Å². The van der Waals surface area contributed by atoms with E-state index in [2.05, 4.69) is 10.3 Å². The summed E-state index contributed by atoms with van der Waals surface area (Å²) in [6.45, 7) is 0.964. The highest BCUT2D eigenvalue weighted by Crippen LogP contribution is 2.14. The predicted octanol–water partition coefficient (Wildman–Crippen LogP) is 1.82. The van der Waals surface area contributed by atoms with Crippen LogP contribution in [0.25, 0.3) is 0 Å². The Bertz CT molecular complexity index is 790. The van der Waals surface area contributed by atoms with E-state index in [4.69, 9.17) is 4.74 Å². The molecule has 1 saturated heterocycles. The number of likely N-dealkylation sites (tertiary alicyclic amines) is 1. The molecule has 2 heterocycles. The maximum Gasteiger partial charge on any atom is 0.229 e. The van der Waals surface area contributed by atoms with Crippen molar-refractivity contribution in [3.8, 4) is 5.75 Å². The third-order valence-electron chi connectivity index (χ3n) is 4.26. The van der Waals surface area contributed by atoms with Crippen molar-refractivity contribution in [3.05, 3.63) is 59.9 Å². The van der Waals surface area contributed by atoms with Gasteiger partial charge in [-0.1, -0.05) is 18.2 Å². The van der Waals surface area contributed by atoms with Gasteiger partial charge in [0, 0.05) is 50.3 Å². The summed E-state index contributed by atoms with van der Waals surface area (Å²) in [7, 11) is 0. The van der Waals surface area contributed by atoms with Crippen molar-refractivity contribution >= 4 is 17.7 Å². The Labute approximate surface area is 157 Å². The van der Waals surface area contributed by atoms with Crippen LogP contribution in [0.4, 0.5) is 0 Å². The summed E-state index contributed by atoms with van der Waals surface area (Å²) in [5.74, 6) is 0.142. The first kappa shape index (κ1) is 18.6. The van der Waals surface area contributed by atoms with E-state index >= 15 is 0 Å². The quantitative estimate of drug-likeness (QED) is 0.719. The molecule has 1 aliphatic heterocycles. The third-order valence-corrected chi connectivity index (χ3v) is 4.26. The summed E-state index contributed by atoms with van der Waals surface area (Å²) in [4.78, 5) is 40.1. The molecule has 1 N–H and O–H groups in total. The molecule has 0 spiro atoms. The number of ether oxygens (including phenoxy) is 1. The van der Waals surface area contributed by atoms with Crippen molar-refractivity contribution < 1.29 is 19.1 Å². The predicted molar refractivity (Wildman–Crippen MR) is 97.4 cm³/mol. The summed E-state index contributed by atoms with van der Waals surface area (Å²) in [6.07, 6.45) is 4.08. The number of aromatic nitrogens is 1. The number of imide groups is 1. The highest BCUT2D eigenvalue weighted by atomic mass is 16.5. The van der Waals surface area contributed by atoms with Crippen LogP contribution in [0.15, 0.2) is 48.8 Å². The summed E-state index contributed by atoms with van der Waals surface area (Å²) in [5, 5.41) is 2.79. The van der Waals surface area contributed by atoms with Crippen LogP contribution >= 0.6 is 0 Å². The molecule has 0 unspecified atom stereocenters. The van der Waals surface area contributed by atoms with Gasteiger partial charge in [-0.15, -0.1) is 0 Å². The largest absolute Gasteiger partial charge is 0.489 e. The number of hydrogen-bond donors (Lipinski definition) is 1. The molecule has 1 aromatic heterocycles. The molecule has 3 rings (SSSR count). The average Bonchev–Trinajstić information content (AvgIpc) is 3.02. The van der Waals surface area contributed by atoms with E-state index in [-0.39, 0.29) is 43.5 Å². The van der Waals surface area contributed by atoms with Gasteiger partial charge in [-0.2, -0.15) is 0 Å². The molecule has 1 aliphatic rings. The van der Waals surface area contributed by atoms with Crippen molar-refractivity contribution in [1.82, 2.24) is 15.2 Å². The monoisotopic (exact) mass is 367 g/mol. The summed E-state index contributed by atoms with van der Waals surface area (Å²) in [5.41, 5.74) is 1.93. The van der Waals surface area contributed by atoms with Gasteiger partial charge in [0.1, 0.15) is 12.4 Å². The molecule has 3 amide bonds. The lowest BCUT2D eigenvalue weighted by atomic mass is 10.2. The number of carbonyl (C=O) groups excluding carboxylic acids is 3. The number of nitrogens with one attached hydrogen (secondary N) is 1. The molecule has 140 valence electrons. The fraction of sp³-hybridized carbons (Fsp3) is 0.300. The van der Waals surface area contributed by atoms with Crippen molar-refractivity contribution in [1.29, 1.82) is 0 Å². The molecule has 1 fully saturated rings. The Morgan fingerprint density at radius 1 is 1.07 bits per heavy atom. The Morgan fingerprint density at radius 2 is 1.81 bits per heavy atom. The highest BCUT2D eigenvalue weighted by molar-refractivity contribution is 6.02. The topological polar surface area (TPSA) is 88.6 Å². The van der Waals surface area contributed by atoms with Crippen molar-refractivity contribution in [2.45, 2.75) is 32.4 Å². The van der Waals surface area contributed by atoms with Gasteiger partial charge in [0.2, 0.25) is 17.7 Å². The number of carbonyl (C=O) groups is 3. The maximum absolute atomic E-state index is 11.9. The van der Waals surface area contributed by atoms with Crippen LogP contribution in [-0.4, -0.2) is 34.2 Å². The van der Waals surface area contributed by atoms with E-state index < -0.39 is 0 Å². The van der Waals surface area contributed by atoms with E-state index in [0.717, 1.165) is 21.8 Å². The van der Waals surface area contributed by atoms with Gasteiger partial charge in [0.15, 0.2) is 0 Å². The first-order valence-electron chi connectivity index (χ1n) is 8.82. The number of nitrogens with zero attached hydrogens (tertiary/aromatic N) is 2. The van der Waals surface area contributed by atoms with Crippen LogP contribution in [0.2, 0.25) is 0 Å². The van der Waals surface area contributed by atoms with Gasteiger partial charge in [-0.3, -0.25) is 24.3 Å². The zero-order valence-electron chi connectivity index (χ0n) is 14.9. The Kier molecular flexibility index (Phi) is 6.14. The van der Waals surface area contributed by atoms with Crippen LogP contribution in [0.3, 0.4) is 0 Å². The smallest absolute Gasteiger partial charge is 0.229 e. The molecular weight excluding hydrogens is 346 g/mol. The maximum atomic E-state index is 11.9. The van der Waals surface area contributed by atoms with E-state index in [9.17, 15) is 14.4 Å². The second-order valence-corrected chi connectivity index (χ2v) is 6.26. The molecule has 0 saturated carbocycles. The molecule has 0 aliphatic carbocycles. The van der Waals surface area contributed by atoms with Crippen LogP contribution in [0.5, 0.6) is 5.75 Å². The molecule has 0 bridgehead atoms. The standard InChI is InChI=1S/C20H21N3O4/c24-18(9-11-23-19(25)7-8-20(23)26)22-13-15-3-5-17(6-4-15)27-14-16-2-1-10-21-12-16/h1-6,10,12H,7-9,11,13-14H2,(H,22,24). The molecule has 7 heteroatoms. The zero-order chi connectivity index (χ0) is 19.1. The van der Waals surface area contributed by atoms with Gasteiger partial charge in [0.25, 0.3) is 0 Å². The van der Waals surface area contributed by atoms with Crippen LogP contribution in [0.1, 0.15) is 30.4 Å². The minimum atomic E-state index is -0.199. The molecule has 27 heavy (non-hydrogen) atoms.